The molecule has 7 heteroatoms. The normalized spacial score (nSPS) is 11.6. The highest BCUT2D eigenvalue weighted by molar-refractivity contribution is 6.31. The highest BCUT2D eigenvalue weighted by Gasteiger charge is 2.30. The summed E-state index contributed by atoms with van der Waals surface area (Å²) in [6, 6.07) is 30.8. The van der Waals surface area contributed by atoms with Crippen LogP contribution >= 0.6 is 34.8 Å². The minimum atomic E-state index is -0.754. The van der Waals surface area contributed by atoms with E-state index in [0.717, 1.165) is 22.3 Å². The quantitative estimate of drug-likeness (QED) is 0.222. The van der Waals surface area contributed by atoms with Crippen molar-refractivity contribution in [2.45, 2.75) is 32.0 Å². The number of nitrogens with zero attached hydrogens (tertiary/aromatic N) is 1. The average Bonchev–Trinajstić information content (AvgIpc) is 2.93. The molecule has 0 aromatic heterocycles. The summed E-state index contributed by atoms with van der Waals surface area (Å²) < 4.78 is 0. The van der Waals surface area contributed by atoms with Crippen LogP contribution in [0.3, 0.4) is 0 Å². The minimum absolute atomic E-state index is 0.133. The predicted octanol–water partition coefficient (Wildman–Crippen LogP) is 7.15. The summed E-state index contributed by atoms with van der Waals surface area (Å²) in [5.41, 5.74) is 3.44. The molecule has 0 saturated carbocycles. The summed E-state index contributed by atoms with van der Waals surface area (Å²) in [5, 5.41) is 4.78. The van der Waals surface area contributed by atoms with Crippen LogP contribution in [0.15, 0.2) is 103 Å². The summed E-state index contributed by atoms with van der Waals surface area (Å²) in [5.74, 6) is -0.428. The molecule has 1 N–H and O–H groups in total. The van der Waals surface area contributed by atoms with Crippen molar-refractivity contribution >= 4 is 46.6 Å². The van der Waals surface area contributed by atoms with Crippen molar-refractivity contribution in [3.05, 3.63) is 140 Å². The zero-order chi connectivity index (χ0) is 26.9. The molecule has 0 saturated heterocycles. The van der Waals surface area contributed by atoms with Gasteiger partial charge in [0, 0.05) is 34.6 Å². The standard InChI is InChI=1S/C31H27Cl3N2O2/c32-26-14-10-23(11-15-26)19-30(37)36(21-24-12-16-27(33)17-13-24)29(18-22-6-2-1-3-7-22)31(38)35-20-25-8-4-5-9-28(25)34/h1-17,29H,18-21H2,(H,35,38). The molecule has 4 aromatic rings. The fraction of sp³-hybridized carbons (Fsp3) is 0.161. The molecule has 4 rings (SSSR count). The van der Waals surface area contributed by atoms with Crippen LogP contribution in [0.25, 0.3) is 0 Å². The van der Waals surface area contributed by atoms with Gasteiger partial charge in [-0.05, 0) is 52.6 Å². The van der Waals surface area contributed by atoms with Gasteiger partial charge >= 0.3 is 0 Å². The molecule has 2 amide bonds. The van der Waals surface area contributed by atoms with Gasteiger partial charge in [0.2, 0.25) is 11.8 Å². The summed E-state index contributed by atoms with van der Waals surface area (Å²) in [6.07, 6.45) is 0.489. The van der Waals surface area contributed by atoms with E-state index in [0.29, 0.717) is 21.5 Å². The Balaban J connectivity index is 1.65. The Hall–Kier alpha value is -3.31. The minimum Gasteiger partial charge on any atom is -0.350 e. The number of hydrogen-bond acceptors (Lipinski definition) is 2. The molecule has 0 spiro atoms. The fourth-order valence-electron chi connectivity index (χ4n) is 4.16. The van der Waals surface area contributed by atoms with E-state index in [1.165, 1.54) is 0 Å². The van der Waals surface area contributed by atoms with Crippen molar-refractivity contribution in [1.29, 1.82) is 0 Å². The second-order valence-electron chi connectivity index (χ2n) is 8.97. The van der Waals surface area contributed by atoms with Crippen LogP contribution in [-0.2, 0) is 35.5 Å². The summed E-state index contributed by atoms with van der Waals surface area (Å²) in [6.45, 7) is 0.505. The topological polar surface area (TPSA) is 49.4 Å². The molecule has 0 heterocycles. The van der Waals surface area contributed by atoms with Gasteiger partial charge in [-0.1, -0.05) is 108 Å². The summed E-state index contributed by atoms with van der Waals surface area (Å²) in [7, 11) is 0. The molecule has 4 aromatic carbocycles. The monoisotopic (exact) mass is 564 g/mol. The van der Waals surface area contributed by atoms with Gasteiger partial charge in [-0.25, -0.2) is 0 Å². The molecule has 0 aliphatic rings. The van der Waals surface area contributed by atoms with Crippen molar-refractivity contribution in [1.82, 2.24) is 10.2 Å². The van der Waals surface area contributed by atoms with Gasteiger partial charge in [-0.2, -0.15) is 0 Å². The van der Waals surface area contributed by atoms with E-state index in [4.69, 9.17) is 34.8 Å². The Morgan fingerprint density at radius 3 is 1.89 bits per heavy atom. The van der Waals surface area contributed by atoms with Gasteiger partial charge < -0.3 is 10.2 Å². The maximum atomic E-state index is 13.8. The molecule has 0 fully saturated rings. The van der Waals surface area contributed by atoms with Crippen molar-refractivity contribution in [2.24, 2.45) is 0 Å². The van der Waals surface area contributed by atoms with E-state index >= 15 is 0 Å². The van der Waals surface area contributed by atoms with Gasteiger partial charge in [0.25, 0.3) is 0 Å². The number of amides is 2. The lowest BCUT2D eigenvalue weighted by molar-refractivity contribution is -0.140. The Kier molecular flexibility index (Phi) is 9.83. The van der Waals surface area contributed by atoms with E-state index in [2.05, 4.69) is 5.32 Å². The van der Waals surface area contributed by atoms with E-state index in [1.807, 2.05) is 72.8 Å². The molecule has 38 heavy (non-hydrogen) atoms. The number of benzene rings is 4. The highest BCUT2D eigenvalue weighted by atomic mass is 35.5. The zero-order valence-electron chi connectivity index (χ0n) is 20.6. The molecule has 194 valence electrons. The number of halogens is 3. The Morgan fingerprint density at radius 1 is 0.684 bits per heavy atom. The first kappa shape index (κ1) is 27.7. The zero-order valence-corrected chi connectivity index (χ0v) is 22.9. The third kappa shape index (κ3) is 7.84. The molecule has 1 unspecified atom stereocenters. The lowest BCUT2D eigenvalue weighted by Crippen LogP contribution is -2.50. The van der Waals surface area contributed by atoms with E-state index in [-0.39, 0.29) is 31.3 Å². The fourth-order valence-corrected chi connectivity index (χ4v) is 4.62. The van der Waals surface area contributed by atoms with E-state index in [9.17, 15) is 9.59 Å². The molecule has 0 aliphatic heterocycles. The third-order valence-electron chi connectivity index (χ3n) is 6.22. The van der Waals surface area contributed by atoms with Crippen LogP contribution < -0.4 is 5.32 Å². The molecule has 1 atom stereocenters. The first-order valence-corrected chi connectivity index (χ1v) is 13.4. The van der Waals surface area contributed by atoms with Crippen LogP contribution in [-0.4, -0.2) is 22.8 Å². The van der Waals surface area contributed by atoms with Crippen molar-refractivity contribution in [3.63, 3.8) is 0 Å². The maximum absolute atomic E-state index is 13.8. The summed E-state index contributed by atoms with van der Waals surface area (Å²) in [4.78, 5) is 29.2. The lowest BCUT2D eigenvalue weighted by atomic mass is 10.0. The van der Waals surface area contributed by atoms with Crippen LogP contribution in [0.2, 0.25) is 15.1 Å². The van der Waals surface area contributed by atoms with E-state index < -0.39 is 6.04 Å². The van der Waals surface area contributed by atoms with Crippen molar-refractivity contribution in [3.8, 4) is 0 Å². The van der Waals surface area contributed by atoms with Crippen LogP contribution in [0, 0.1) is 0 Å². The van der Waals surface area contributed by atoms with Crippen molar-refractivity contribution < 1.29 is 9.59 Å². The van der Waals surface area contributed by atoms with Crippen LogP contribution in [0.4, 0.5) is 0 Å². The first-order valence-electron chi connectivity index (χ1n) is 12.2. The smallest absolute Gasteiger partial charge is 0.243 e. The Labute approximate surface area is 238 Å². The van der Waals surface area contributed by atoms with Gasteiger partial charge in [0.05, 0.1) is 6.42 Å². The number of carbonyl (C=O) groups is 2. The SMILES string of the molecule is O=C(NCc1ccccc1Cl)C(Cc1ccccc1)N(Cc1ccc(Cl)cc1)C(=O)Cc1ccc(Cl)cc1. The molecular weight excluding hydrogens is 539 g/mol. The highest BCUT2D eigenvalue weighted by Crippen LogP contribution is 2.20. The summed E-state index contributed by atoms with van der Waals surface area (Å²) >= 11 is 18.5. The molecular formula is C31H27Cl3N2O2. The van der Waals surface area contributed by atoms with Gasteiger partial charge in [-0.3, -0.25) is 9.59 Å². The Bertz CT molecular complexity index is 1360. The third-order valence-corrected chi connectivity index (χ3v) is 7.09. The van der Waals surface area contributed by atoms with Crippen LogP contribution in [0.5, 0.6) is 0 Å². The van der Waals surface area contributed by atoms with E-state index in [1.54, 1.807) is 35.2 Å². The maximum Gasteiger partial charge on any atom is 0.243 e. The Morgan fingerprint density at radius 2 is 1.26 bits per heavy atom. The number of hydrogen-bond donors (Lipinski definition) is 1. The van der Waals surface area contributed by atoms with Crippen LogP contribution in [0.1, 0.15) is 22.3 Å². The number of nitrogens with one attached hydrogen (secondary N) is 1. The van der Waals surface area contributed by atoms with Gasteiger partial charge in [0.15, 0.2) is 0 Å². The second kappa shape index (κ2) is 13.5. The second-order valence-corrected chi connectivity index (χ2v) is 10.2. The van der Waals surface area contributed by atoms with Gasteiger partial charge in [-0.15, -0.1) is 0 Å². The predicted molar refractivity (Wildman–Crippen MR) is 154 cm³/mol. The number of rotatable bonds is 10. The lowest BCUT2D eigenvalue weighted by Gasteiger charge is -2.32. The molecule has 0 bridgehead atoms. The van der Waals surface area contributed by atoms with Gasteiger partial charge in [0.1, 0.15) is 6.04 Å². The van der Waals surface area contributed by atoms with Crippen molar-refractivity contribution in [2.75, 3.05) is 0 Å². The first-order chi connectivity index (χ1) is 18.4. The molecule has 4 nitrogen and oxygen atoms in total. The number of carbonyl (C=O) groups excluding carboxylic acids is 2. The average molecular weight is 566 g/mol. The largest absolute Gasteiger partial charge is 0.350 e. The molecule has 0 radical (unpaired) electrons. The molecule has 0 aliphatic carbocycles.